The van der Waals surface area contributed by atoms with Crippen LogP contribution in [0.25, 0.3) is 5.76 Å². The van der Waals surface area contributed by atoms with E-state index in [9.17, 15) is 10.1 Å². The number of methoxy groups -OCH3 is 1. The van der Waals surface area contributed by atoms with Crippen LogP contribution < -0.4 is 5.32 Å². The van der Waals surface area contributed by atoms with Crippen LogP contribution in [0.15, 0.2) is 48.0 Å². The van der Waals surface area contributed by atoms with Crippen molar-refractivity contribution in [3.63, 3.8) is 0 Å². The monoisotopic (exact) mass is 352 g/mol. The van der Waals surface area contributed by atoms with Gasteiger partial charge in [0.25, 0.3) is 5.69 Å². The Bertz CT molecular complexity index is 820. The summed E-state index contributed by atoms with van der Waals surface area (Å²) >= 11 is 0. The number of hydrogen-bond acceptors (Lipinski definition) is 4. The Hall–Kier alpha value is -2.82. The molecule has 0 saturated heterocycles. The fourth-order valence-corrected chi connectivity index (χ4v) is 3.12. The molecule has 1 saturated carbocycles. The second-order valence-corrected chi connectivity index (χ2v) is 6.64. The van der Waals surface area contributed by atoms with Crippen LogP contribution in [0.2, 0.25) is 0 Å². The largest absolute Gasteiger partial charge is 0.496 e. The molecule has 0 atom stereocenters. The van der Waals surface area contributed by atoms with E-state index in [0.717, 1.165) is 37.0 Å². The van der Waals surface area contributed by atoms with Crippen molar-refractivity contribution >= 4 is 17.1 Å². The van der Waals surface area contributed by atoms with Crippen LogP contribution in [0, 0.1) is 17.0 Å². The SMILES string of the molecule is COC(=C1CCC1)c1ccc(NCCc2ccc(C)cc2)c([N+](=O)[O-])c1. The number of nitro benzene ring substituents is 1. The molecule has 2 aromatic carbocycles. The molecule has 26 heavy (non-hydrogen) atoms. The summed E-state index contributed by atoms with van der Waals surface area (Å²) in [6.45, 7) is 2.70. The lowest BCUT2D eigenvalue weighted by atomic mass is 9.89. The summed E-state index contributed by atoms with van der Waals surface area (Å²) in [5.41, 5.74) is 5.07. The molecule has 136 valence electrons. The number of nitrogens with one attached hydrogen (secondary N) is 1. The number of rotatable bonds is 7. The molecule has 1 N–H and O–H groups in total. The fourth-order valence-electron chi connectivity index (χ4n) is 3.12. The Kier molecular flexibility index (Phi) is 5.56. The summed E-state index contributed by atoms with van der Waals surface area (Å²) < 4.78 is 5.50. The minimum Gasteiger partial charge on any atom is -0.496 e. The number of aryl methyl sites for hydroxylation is 1. The quantitative estimate of drug-likeness (QED) is 0.428. The van der Waals surface area contributed by atoms with Gasteiger partial charge in [0.05, 0.1) is 12.0 Å². The first-order chi connectivity index (χ1) is 12.6. The van der Waals surface area contributed by atoms with Gasteiger partial charge in [-0.15, -0.1) is 0 Å². The number of nitrogens with zero attached hydrogens (tertiary/aromatic N) is 1. The van der Waals surface area contributed by atoms with Gasteiger partial charge in [0.15, 0.2) is 0 Å². The zero-order chi connectivity index (χ0) is 18.5. The first kappa shape index (κ1) is 18.0. The van der Waals surface area contributed by atoms with Crippen molar-refractivity contribution in [1.82, 2.24) is 0 Å². The molecule has 3 rings (SSSR count). The number of nitro groups is 1. The molecule has 0 heterocycles. The van der Waals surface area contributed by atoms with Gasteiger partial charge in [-0.2, -0.15) is 0 Å². The molecule has 1 aliphatic rings. The van der Waals surface area contributed by atoms with Gasteiger partial charge >= 0.3 is 0 Å². The maximum absolute atomic E-state index is 11.5. The summed E-state index contributed by atoms with van der Waals surface area (Å²) in [5, 5.41) is 14.7. The molecule has 0 unspecified atom stereocenters. The lowest BCUT2D eigenvalue weighted by Gasteiger charge is -2.21. The number of allylic oxidation sites excluding steroid dienone is 1. The third-order valence-electron chi connectivity index (χ3n) is 4.79. The van der Waals surface area contributed by atoms with Crippen molar-refractivity contribution in [2.24, 2.45) is 0 Å². The fraction of sp³-hybridized carbons (Fsp3) is 0.333. The number of hydrogen-bond donors (Lipinski definition) is 1. The van der Waals surface area contributed by atoms with Crippen LogP contribution in [-0.4, -0.2) is 18.6 Å². The molecule has 1 fully saturated rings. The van der Waals surface area contributed by atoms with E-state index in [-0.39, 0.29) is 10.6 Å². The molecule has 5 nitrogen and oxygen atoms in total. The smallest absolute Gasteiger partial charge is 0.293 e. The maximum atomic E-state index is 11.5. The van der Waals surface area contributed by atoms with Gasteiger partial charge in [-0.3, -0.25) is 10.1 Å². The molecule has 0 radical (unpaired) electrons. The van der Waals surface area contributed by atoms with Crippen molar-refractivity contribution in [1.29, 1.82) is 0 Å². The average Bonchev–Trinajstić information content (AvgIpc) is 2.59. The number of anilines is 1. The Labute approximate surface area is 153 Å². The average molecular weight is 352 g/mol. The number of ether oxygens (including phenoxy) is 1. The molecule has 0 amide bonds. The third-order valence-corrected chi connectivity index (χ3v) is 4.79. The summed E-state index contributed by atoms with van der Waals surface area (Å²) in [4.78, 5) is 11.2. The highest BCUT2D eigenvalue weighted by Crippen LogP contribution is 2.36. The van der Waals surface area contributed by atoms with E-state index in [0.29, 0.717) is 12.2 Å². The van der Waals surface area contributed by atoms with E-state index in [1.54, 1.807) is 19.2 Å². The van der Waals surface area contributed by atoms with E-state index in [1.807, 2.05) is 6.07 Å². The van der Waals surface area contributed by atoms with Gasteiger partial charge in [0, 0.05) is 18.2 Å². The zero-order valence-electron chi connectivity index (χ0n) is 15.2. The van der Waals surface area contributed by atoms with Crippen molar-refractivity contribution in [2.45, 2.75) is 32.6 Å². The second-order valence-electron chi connectivity index (χ2n) is 6.64. The molecular formula is C21H24N2O3. The van der Waals surface area contributed by atoms with E-state index >= 15 is 0 Å². The van der Waals surface area contributed by atoms with Gasteiger partial charge in [0.2, 0.25) is 0 Å². The molecule has 1 aliphatic carbocycles. The molecule has 0 spiro atoms. The maximum Gasteiger partial charge on any atom is 0.293 e. The molecule has 2 aromatic rings. The van der Waals surface area contributed by atoms with Gasteiger partial charge < -0.3 is 10.1 Å². The highest BCUT2D eigenvalue weighted by molar-refractivity contribution is 5.72. The normalized spacial score (nSPS) is 13.1. The Morgan fingerprint density at radius 2 is 1.92 bits per heavy atom. The zero-order valence-corrected chi connectivity index (χ0v) is 15.2. The summed E-state index contributed by atoms with van der Waals surface area (Å²) in [6.07, 6.45) is 3.98. The van der Waals surface area contributed by atoms with Crippen molar-refractivity contribution < 1.29 is 9.66 Å². The highest BCUT2D eigenvalue weighted by atomic mass is 16.6. The predicted molar refractivity (Wildman–Crippen MR) is 104 cm³/mol. The first-order valence-electron chi connectivity index (χ1n) is 8.92. The Morgan fingerprint density at radius 3 is 2.50 bits per heavy atom. The predicted octanol–water partition coefficient (Wildman–Crippen LogP) is 5.10. The van der Waals surface area contributed by atoms with Crippen LogP contribution in [-0.2, 0) is 11.2 Å². The van der Waals surface area contributed by atoms with Crippen LogP contribution in [0.3, 0.4) is 0 Å². The van der Waals surface area contributed by atoms with E-state index in [4.69, 9.17) is 4.74 Å². The molecule has 0 aromatic heterocycles. The summed E-state index contributed by atoms with van der Waals surface area (Å²) in [5.74, 6) is 0.783. The topological polar surface area (TPSA) is 64.4 Å². The van der Waals surface area contributed by atoms with Gasteiger partial charge in [0.1, 0.15) is 11.4 Å². The molecular weight excluding hydrogens is 328 g/mol. The van der Waals surface area contributed by atoms with Gasteiger partial charge in [-0.25, -0.2) is 0 Å². The lowest BCUT2D eigenvalue weighted by molar-refractivity contribution is -0.384. The van der Waals surface area contributed by atoms with Crippen LogP contribution in [0.5, 0.6) is 0 Å². The van der Waals surface area contributed by atoms with Crippen LogP contribution in [0.4, 0.5) is 11.4 Å². The third kappa shape index (κ3) is 4.04. The first-order valence-corrected chi connectivity index (χ1v) is 8.92. The van der Waals surface area contributed by atoms with E-state index in [2.05, 4.69) is 36.5 Å². The minimum absolute atomic E-state index is 0.0841. The highest BCUT2D eigenvalue weighted by Gasteiger charge is 2.21. The Balaban J connectivity index is 1.74. The standard InChI is InChI=1S/C21H24N2O3/c1-15-6-8-16(9-7-15)12-13-22-19-11-10-18(14-20(19)23(24)25)21(26-2)17-4-3-5-17/h6-11,14,22H,3-5,12-13H2,1-2H3. The van der Waals surface area contributed by atoms with Crippen LogP contribution in [0.1, 0.15) is 36.0 Å². The Morgan fingerprint density at radius 1 is 1.19 bits per heavy atom. The minimum atomic E-state index is -0.337. The van der Waals surface area contributed by atoms with Crippen LogP contribution >= 0.6 is 0 Å². The molecule has 0 aliphatic heterocycles. The second kappa shape index (κ2) is 8.04. The molecule has 5 heteroatoms. The van der Waals surface area contributed by atoms with Crippen molar-refractivity contribution in [2.75, 3.05) is 19.0 Å². The van der Waals surface area contributed by atoms with Crippen molar-refractivity contribution in [3.05, 3.63) is 74.8 Å². The number of benzene rings is 2. The van der Waals surface area contributed by atoms with Gasteiger partial charge in [-0.1, -0.05) is 29.8 Å². The van der Waals surface area contributed by atoms with Gasteiger partial charge in [-0.05, 0) is 55.9 Å². The van der Waals surface area contributed by atoms with E-state index in [1.165, 1.54) is 16.7 Å². The lowest BCUT2D eigenvalue weighted by Crippen LogP contribution is -2.08. The van der Waals surface area contributed by atoms with Crippen molar-refractivity contribution in [3.8, 4) is 0 Å². The summed E-state index contributed by atoms with van der Waals surface area (Å²) in [7, 11) is 1.63. The van der Waals surface area contributed by atoms with E-state index < -0.39 is 0 Å². The summed E-state index contributed by atoms with van der Waals surface area (Å²) in [6, 6.07) is 13.6. The molecule has 0 bridgehead atoms.